The van der Waals surface area contributed by atoms with Crippen molar-refractivity contribution >= 4 is 0 Å². The van der Waals surface area contributed by atoms with E-state index in [0.29, 0.717) is 6.04 Å². The molecule has 100 valence electrons. The molecule has 19 heavy (non-hydrogen) atoms. The molecule has 0 saturated carbocycles. The van der Waals surface area contributed by atoms with Gasteiger partial charge in [-0.1, -0.05) is 30.3 Å². The van der Waals surface area contributed by atoms with Gasteiger partial charge >= 0.3 is 0 Å². The van der Waals surface area contributed by atoms with Gasteiger partial charge < -0.3 is 5.32 Å². The van der Waals surface area contributed by atoms with Gasteiger partial charge in [0.05, 0.1) is 5.69 Å². The number of nitrogens with zero attached hydrogens (tertiary/aromatic N) is 2. The molecule has 1 aromatic carbocycles. The average molecular weight is 255 g/mol. The zero-order valence-electron chi connectivity index (χ0n) is 11.7. The predicted octanol–water partition coefficient (Wildman–Crippen LogP) is 2.70. The summed E-state index contributed by atoms with van der Waals surface area (Å²) in [6.07, 6.45) is 2.03. The zero-order chi connectivity index (χ0) is 13.2. The van der Waals surface area contributed by atoms with Gasteiger partial charge in [-0.15, -0.1) is 0 Å². The van der Waals surface area contributed by atoms with Crippen molar-refractivity contribution in [2.24, 2.45) is 0 Å². The average Bonchev–Trinajstić information content (AvgIpc) is 2.79. The van der Waals surface area contributed by atoms with E-state index in [1.54, 1.807) is 0 Å². The van der Waals surface area contributed by atoms with Crippen molar-refractivity contribution in [3.05, 3.63) is 52.8 Å². The van der Waals surface area contributed by atoms with Crippen LogP contribution in [0.5, 0.6) is 0 Å². The van der Waals surface area contributed by atoms with Gasteiger partial charge in [0.2, 0.25) is 0 Å². The largest absolute Gasteiger partial charge is 0.312 e. The number of rotatable bonds is 3. The summed E-state index contributed by atoms with van der Waals surface area (Å²) in [5.74, 6) is 0. The van der Waals surface area contributed by atoms with Crippen LogP contribution in [0, 0.1) is 0 Å². The lowest BCUT2D eigenvalue weighted by Crippen LogP contribution is -2.25. The third-order valence-electron chi connectivity index (χ3n) is 3.75. The lowest BCUT2D eigenvalue weighted by atomic mass is 10.0. The number of benzene rings is 1. The first-order chi connectivity index (χ1) is 9.25. The van der Waals surface area contributed by atoms with Crippen molar-refractivity contribution in [3.63, 3.8) is 0 Å². The van der Waals surface area contributed by atoms with Gasteiger partial charge in [-0.3, -0.25) is 4.68 Å². The van der Waals surface area contributed by atoms with Crippen molar-refractivity contribution < 1.29 is 0 Å². The minimum atomic E-state index is 0.441. The van der Waals surface area contributed by atoms with Crippen LogP contribution in [-0.4, -0.2) is 16.3 Å². The molecule has 3 nitrogen and oxygen atoms in total. The summed E-state index contributed by atoms with van der Waals surface area (Å²) in [4.78, 5) is 0. The Morgan fingerprint density at radius 1 is 1.26 bits per heavy atom. The van der Waals surface area contributed by atoms with E-state index < -0.39 is 0 Å². The second-order valence-corrected chi connectivity index (χ2v) is 5.50. The van der Waals surface area contributed by atoms with Gasteiger partial charge in [0.1, 0.15) is 0 Å². The van der Waals surface area contributed by atoms with Gasteiger partial charge in [-0.25, -0.2) is 0 Å². The third kappa shape index (κ3) is 2.43. The summed E-state index contributed by atoms with van der Waals surface area (Å²) >= 11 is 0. The molecule has 0 fully saturated rings. The molecule has 0 atom stereocenters. The summed E-state index contributed by atoms with van der Waals surface area (Å²) in [7, 11) is 0. The quantitative estimate of drug-likeness (QED) is 0.914. The first-order valence-electron chi connectivity index (χ1n) is 7.09. The molecule has 1 aliphatic heterocycles. The van der Waals surface area contributed by atoms with Crippen molar-refractivity contribution in [3.8, 4) is 0 Å². The molecule has 1 aromatic heterocycles. The van der Waals surface area contributed by atoms with Gasteiger partial charge in [-0.05, 0) is 19.4 Å². The lowest BCUT2D eigenvalue weighted by Gasteiger charge is -2.17. The molecule has 1 aliphatic rings. The van der Waals surface area contributed by atoms with Gasteiger partial charge in [0, 0.05) is 43.2 Å². The molecule has 0 aliphatic carbocycles. The molecular formula is C16H21N3. The highest BCUT2D eigenvalue weighted by Crippen LogP contribution is 2.23. The number of nitrogens with one attached hydrogen (secondary N) is 1. The van der Waals surface area contributed by atoms with Crippen molar-refractivity contribution in [2.75, 3.05) is 6.54 Å². The molecule has 3 rings (SSSR count). The van der Waals surface area contributed by atoms with Gasteiger partial charge in [0.15, 0.2) is 0 Å². The van der Waals surface area contributed by atoms with E-state index >= 15 is 0 Å². The van der Waals surface area contributed by atoms with Crippen LogP contribution < -0.4 is 5.32 Å². The van der Waals surface area contributed by atoms with Crippen molar-refractivity contribution in [2.45, 2.75) is 39.3 Å². The smallest absolute Gasteiger partial charge is 0.0716 e. The Hall–Kier alpha value is -1.61. The highest BCUT2D eigenvalue weighted by Gasteiger charge is 2.21. The van der Waals surface area contributed by atoms with Crippen molar-refractivity contribution in [1.29, 1.82) is 0 Å². The number of hydrogen-bond donors (Lipinski definition) is 1. The van der Waals surface area contributed by atoms with E-state index in [4.69, 9.17) is 5.10 Å². The van der Waals surface area contributed by atoms with Gasteiger partial charge in [-0.2, -0.15) is 5.10 Å². The number of aromatic nitrogens is 2. The molecule has 0 saturated heterocycles. The summed E-state index contributed by atoms with van der Waals surface area (Å²) in [6, 6.07) is 11.1. The third-order valence-corrected chi connectivity index (χ3v) is 3.75. The Labute approximate surface area is 114 Å². The molecule has 0 spiro atoms. The Kier molecular flexibility index (Phi) is 3.38. The lowest BCUT2D eigenvalue weighted by molar-refractivity contribution is 0.492. The first-order valence-corrected chi connectivity index (χ1v) is 7.09. The Morgan fingerprint density at radius 3 is 2.79 bits per heavy atom. The fourth-order valence-electron chi connectivity index (χ4n) is 2.80. The monoisotopic (exact) mass is 255 g/mol. The minimum Gasteiger partial charge on any atom is -0.312 e. The predicted molar refractivity (Wildman–Crippen MR) is 77.3 cm³/mol. The van der Waals surface area contributed by atoms with Crippen LogP contribution in [0.15, 0.2) is 30.3 Å². The van der Waals surface area contributed by atoms with E-state index in [1.165, 1.54) is 22.5 Å². The molecule has 2 heterocycles. The van der Waals surface area contributed by atoms with E-state index in [-0.39, 0.29) is 0 Å². The molecule has 1 N–H and O–H groups in total. The molecule has 3 heteroatoms. The number of hydrogen-bond acceptors (Lipinski definition) is 2. The van der Waals surface area contributed by atoms with Crippen LogP contribution >= 0.6 is 0 Å². The van der Waals surface area contributed by atoms with Crippen LogP contribution in [0.25, 0.3) is 0 Å². The Balaban J connectivity index is 1.97. The van der Waals surface area contributed by atoms with Crippen LogP contribution in [0.2, 0.25) is 0 Å². The van der Waals surface area contributed by atoms with Crippen LogP contribution in [0.4, 0.5) is 0 Å². The normalized spacial score (nSPS) is 14.7. The minimum absolute atomic E-state index is 0.441. The summed E-state index contributed by atoms with van der Waals surface area (Å²) in [5, 5.41) is 8.33. The first kappa shape index (κ1) is 12.4. The second-order valence-electron chi connectivity index (χ2n) is 5.50. The molecule has 0 unspecified atom stereocenters. The van der Waals surface area contributed by atoms with E-state index in [9.17, 15) is 0 Å². The van der Waals surface area contributed by atoms with Gasteiger partial charge in [0.25, 0.3) is 0 Å². The summed E-state index contributed by atoms with van der Waals surface area (Å²) in [5.41, 5.74) is 5.43. The fraction of sp³-hybridized carbons (Fsp3) is 0.438. The second kappa shape index (κ2) is 5.17. The highest BCUT2D eigenvalue weighted by atomic mass is 15.3. The molecule has 0 bridgehead atoms. The van der Waals surface area contributed by atoms with E-state index in [2.05, 4.69) is 54.2 Å². The summed E-state index contributed by atoms with van der Waals surface area (Å²) < 4.78 is 2.22. The van der Waals surface area contributed by atoms with Crippen molar-refractivity contribution in [1.82, 2.24) is 15.1 Å². The fourth-order valence-corrected chi connectivity index (χ4v) is 2.80. The Bertz CT molecular complexity index is 555. The molecule has 2 aromatic rings. The number of fused-ring (bicyclic) bond motifs is 1. The zero-order valence-corrected chi connectivity index (χ0v) is 11.7. The SMILES string of the molecule is CC(C)n1nc(Cc2ccccc2)c2c1CCNC2. The molecular weight excluding hydrogens is 234 g/mol. The van der Waals surface area contributed by atoms with Crippen LogP contribution in [-0.2, 0) is 19.4 Å². The topological polar surface area (TPSA) is 29.9 Å². The Morgan fingerprint density at radius 2 is 2.05 bits per heavy atom. The maximum atomic E-state index is 4.86. The highest BCUT2D eigenvalue weighted by molar-refractivity contribution is 5.33. The van der Waals surface area contributed by atoms with Crippen LogP contribution in [0.3, 0.4) is 0 Å². The molecule has 0 radical (unpaired) electrons. The standard InChI is InChI=1S/C16H21N3/c1-12(2)19-16-8-9-17-11-14(16)15(18-19)10-13-6-4-3-5-7-13/h3-7,12,17H,8-11H2,1-2H3. The maximum Gasteiger partial charge on any atom is 0.0716 e. The summed E-state index contributed by atoms with van der Waals surface area (Å²) in [6.45, 7) is 6.45. The van der Waals surface area contributed by atoms with E-state index in [1.807, 2.05) is 0 Å². The molecule has 0 amide bonds. The van der Waals surface area contributed by atoms with Crippen LogP contribution in [0.1, 0.15) is 42.4 Å². The maximum absolute atomic E-state index is 4.86. The van der Waals surface area contributed by atoms with E-state index in [0.717, 1.165) is 25.9 Å².